The van der Waals surface area contributed by atoms with Crippen molar-refractivity contribution in [2.45, 2.75) is 110 Å². The summed E-state index contributed by atoms with van der Waals surface area (Å²) in [6.07, 6.45) is 21.5. The van der Waals surface area contributed by atoms with Crippen LogP contribution in [0.1, 0.15) is 101 Å². The Hall–Kier alpha value is -6.66. The van der Waals surface area contributed by atoms with E-state index in [-0.39, 0.29) is 17.4 Å². The van der Waals surface area contributed by atoms with Gasteiger partial charge in [-0.3, -0.25) is 14.5 Å². The number of nitriles is 1. The summed E-state index contributed by atoms with van der Waals surface area (Å²) in [6.45, 7) is 14.7. The average Bonchev–Trinajstić information content (AvgIpc) is 4.10. The van der Waals surface area contributed by atoms with Crippen molar-refractivity contribution in [2.24, 2.45) is 29.4 Å². The van der Waals surface area contributed by atoms with E-state index in [4.69, 9.17) is 9.84 Å². The van der Waals surface area contributed by atoms with Crippen LogP contribution in [0.2, 0.25) is 0 Å². The van der Waals surface area contributed by atoms with Crippen LogP contribution in [0.15, 0.2) is 83.5 Å². The molecule has 12 rings (SSSR count). The number of fused-ring (bicyclic) bond motifs is 2. The number of carbonyl (C=O) groups is 1. The third kappa shape index (κ3) is 9.36. The predicted octanol–water partition coefficient (Wildman–Crippen LogP) is 8.51. The molecule has 1 saturated carbocycles. The smallest absolute Gasteiger partial charge is 0.233 e. The van der Waals surface area contributed by atoms with Crippen molar-refractivity contribution in [3.8, 4) is 23.1 Å². The van der Waals surface area contributed by atoms with Gasteiger partial charge in [0.1, 0.15) is 12.2 Å². The lowest BCUT2D eigenvalue weighted by atomic mass is 9.77. The molecule has 1 amide bonds. The zero-order valence-corrected chi connectivity index (χ0v) is 43.2. The van der Waals surface area contributed by atoms with Crippen molar-refractivity contribution in [1.29, 1.82) is 5.26 Å². The van der Waals surface area contributed by atoms with Crippen molar-refractivity contribution in [3.63, 3.8) is 0 Å². The fourth-order valence-corrected chi connectivity index (χ4v) is 13.6. The first-order chi connectivity index (χ1) is 35.6. The molecule has 2 aromatic carbocycles. The number of benzene rings is 2. The molecule has 1 atom stereocenters. The third-order valence-corrected chi connectivity index (χ3v) is 17.6. The van der Waals surface area contributed by atoms with Crippen molar-refractivity contribution in [1.82, 2.24) is 34.8 Å². The topological polar surface area (TPSA) is 138 Å². The predicted molar refractivity (Wildman–Crippen MR) is 286 cm³/mol. The quantitative estimate of drug-likeness (QED) is 0.138. The first-order valence-corrected chi connectivity index (χ1v) is 27.2. The number of rotatable bonds is 8. The highest BCUT2D eigenvalue weighted by Gasteiger charge is 2.45. The molecule has 0 bridgehead atoms. The van der Waals surface area contributed by atoms with E-state index < -0.39 is 0 Å². The minimum absolute atomic E-state index is 0.128. The average molecular weight is 981 g/mol. The highest BCUT2D eigenvalue weighted by Crippen LogP contribution is 2.47. The molecule has 1 aliphatic carbocycles. The number of likely N-dealkylation sites (tertiary alicyclic amines) is 1. The highest BCUT2D eigenvalue weighted by molar-refractivity contribution is 6.12. The van der Waals surface area contributed by atoms with Crippen LogP contribution in [0.5, 0.6) is 5.88 Å². The van der Waals surface area contributed by atoms with Crippen LogP contribution < -0.4 is 19.4 Å². The molecular formula is C58H70N13O2+. The largest absolute Gasteiger partial charge is 0.473 e. The van der Waals surface area contributed by atoms with Crippen molar-refractivity contribution >= 4 is 46.1 Å². The van der Waals surface area contributed by atoms with Gasteiger partial charge in [0, 0.05) is 124 Å². The molecule has 0 unspecified atom stereocenters. The number of piperidine rings is 2. The van der Waals surface area contributed by atoms with Gasteiger partial charge in [0.15, 0.2) is 12.0 Å². The Morgan fingerprint density at radius 3 is 2.55 bits per heavy atom. The summed E-state index contributed by atoms with van der Waals surface area (Å²) in [5.41, 5.74) is 11.6. The Kier molecular flexibility index (Phi) is 12.7. The van der Waals surface area contributed by atoms with Gasteiger partial charge in [-0.1, -0.05) is 4.68 Å². The van der Waals surface area contributed by atoms with Gasteiger partial charge in [-0.25, -0.2) is 0 Å². The lowest BCUT2D eigenvalue weighted by Gasteiger charge is -2.39. The molecule has 0 radical (unpaired) electrons. The molecule has 15 nitrogen and oxygen atoms in total. The van der Waals surface area contributed by atoms with Gasteiger partial charge in [-0.15, -0.1) is 10.2 Å². The summed E-state index contributed by atoms with van der Waals surface area (Å²) in [5, 5.41) is 29.9. The molecule has 3 saturated heterocycles. The maximum Gasteiger partial charge on any atom is 0.233 e. The van der Waals surface area contributed by atoms with E-state index in [1.54, 1.807) is 13.1 Å². The van der Waals surface area contributed by atoms with Crippen molar-refractivity contribution < 1.29 is 14.2 Å². The second-order valence-corrected chi connectivity index (χ2v) is 22.4. The Bertz CT molecular complexity index is 3040. The first-order valence-electron chi connectivity index (χ1n) is 27.2. The van der Waals surface area contributed by atoms with Gasteiger partial charge in [0.05, 0.1) is 35.8 Å². The minimum atomic E-state index is 0.128. The van der Waals surface area contributed by atoms with Crippen LogP contribution in [-0.2, 0) is 18.3 Å². The number of amidine groups is 1. The van der Waals surface area contributed by atoms with Crippen LogP contribution in [0.25, 0.3) is 22.0 Å². The van der Waals surface area contributed by atoms with Gasteiger partial charge >= 0.3 is 0 Å². The summed E-state index contributed by atoms with van der Waals surface area (Å²) in [6, 6.07) is 19.7. The molecule has 0 N–H and O–H groups in total. The molecule has 378 valence electrons. The van der Waals surface area contributed by atoms with Gasteiger partial charge in [-0.05, 0) is 155 Å². The number of ether oxygens (including phenoxy) is 1. The van der Waals surface area contributed by atoms with Crippen LogP contribution in [0, 0.1) is 35.5 Å². The van der Waals surface area contributed by atoms with E-state index >= 15 is 0 Å². The lowest BCUT2D eigenvalue weighted by Crippen LogP contribution is -2.42. The van der Waals surface area contributed by atoms with E-state index in [0.29, 0.717) is 35.9 Å². The Balaban J connectivity index is 0.620. The summed E-state index contributed by atoms with van der Waals surface area (Å²) >= 11 is 0. The highest BCUT2D eigenvalue weighted by atomic mass is 16.5. The Labute approximate surface area is 429 Å². The molecule has 6 aliphatic heterocycles. The number of pyridine rings is 1. The SMILES string of the molecule is CC(=O)N1CCC2=C(C1)C(N1CCCc3cc(-c4cnn(C)c4)c(C)cc31)=N/[N+]2=C\C1CCC(CN2CCC(Oc3ccc(N4CCC5(CC4)C[C@H](C)N(c4ccc(C#N)c6ncccc46)C5)nn3)CC2)CC1. The second kappa shape index (κ2) is 19.6. The molecule has 7 aliphatic rings. The second-order valence-electron chi connectivity index (χ2n) is 22.4. The van der Waals surface area contributed by atoms with E-state index in [9.17, 15) is 10.1 Å². The van der Waals surface area contributed by atoms with E-state index in [2.05, 4.69) is 107 Å². The zero-order chi connectivity index (χ0) is 49.8. The van der Waals surface area contributed by atoms with E-state index in [1.807, 2.05) is 41.0 Å². The molecule has 73 heavy (non-hydrogen) atoms. The van der Waals surface area contributed by atoms with Gasteiger partial charge in [-0.2, -0.15) is 10.4 Å². The number of amides is 1. The van der Waals surface area contributed by atoms with Crippen LogP contribution >= 0.6 is 0 Å². The number of aromatic nitrogens is 5. The number of nitrogens with zero attached hydrogens (tertiary/aromatic N) is 13. The Morgan fingerprint density at radius 2 is 1.79 bits per heavy atom. The molecule has 3 aromatic heterocycles. The standard InChI is InChI=1S/C58H70N13O2/c1-39-29-53-44(30-49(39)46-33-61-65(4)36-46)7-6-23-69(53)57-50-37-68(41(3)72)26-19-52(50)71(64-57)35-43-11-9-42(10-12-43)34-66-24-17-47(18-25-66)73-55-16-15-54(62-63-55)67-27-20-58(21-28-67)31-40(2)70(38-58)51-14-13-45(32-59)56-48(51)8-5-22-60-56/h5,8,13-16,22,29-30,33,35-36,40,42-43,47H,6-7,9-12,17-21,23-28,31,34,37-38H2,1-4H3/q+1/b71-35-/t40-,42?,43?/m0/s1. The van der Waals surface area contributed by atoms with Crippen molar-refractivity contribution in [2.75, 3.05) is 73.6 Å². The molecule has 15 heteroatoms. The summed E-state index contributed by atoms with van der Waals surface area (Å²) in [4.78, 5) is 29.3. The van der Waals surface area contributed by atoms with E-state index in [0.717, 1.165) is 132 Å². The molecular weight excluding hydrogens is 911 g/mol. The van der Waals surface area contributed by atoms with Gasteiger partial charge in [0.25, 0.3) is 0 Å². The monoisotopic (exact) mass is 981 g/mol. The summed E-state index contributed by atoms with van der Waals surface area (Å²) < 4.78 is 10.6. The lowest BCUT2D eigenvalue weighted by molar-refractivity contribution is -0.479. The number of anilines is 3. The van der Waals surface area contributed by atoms with E-state index in [1.165, 1.54) is 65.0 Å². The molecule has 9 heterocycles. The summed E-state index contributed by atoms with van der Waals surface area (Å²) in [7, 11) is 1.97. The molecule has 1 spiro atoms. The normalized spacial score (nSPS) is 24.1. The van der Waals surface area contributed by atoms with Gasteiger partial charge in [0.2, 0.25) is 23.3 Å². The minimum Gasteiger partial charge on any atom is -0.473 e. The number of aryl methyl sites for hydroxylation is 3. The fourth-order valence-electron chi connectivity index (χ4n) is 13.6. The molecule has 4 fully saturated rings. The van der Waals surface area contributed by atoms with Crippen LogP contribution in [0.3, 0.4) is 0 Å². The van der Waals surface area contributed by atoms with Crippen molar-refractivity contribution in [3.05, 3.63) is 95.1 Å². The van der Waals surface area contributed by atoms with Crippen LogP contribution in [0.4, 0.5) is 17.2 Å². The van der Waals surface area contributed by atoms with Gasteiger partial charge < -0.3 is 29.2 Å². The third-order valence-electron chi connectivity index (χ3n) is 17.6. The zero-order valence-electron chi connectivity index (χ0n) is 43.2. The van der Waals surface area contributed by atoms with Crippen LogP contribution in [-0.4, -0.2) is 128 Å². The number of hydrazone groups is 1. The number of hydrogen-bond acceptors (Lipinski definition) is 12. The number of carbonyl (C=O) groups excluding carboxylic acids is 1. The summed E-state index contributed by atoms with van der Waals surface area (Å²) in [5.74, 6) is 3.90. The Morgan fingerprint density at radius 1 is 0.959 bits per heavy atom. The maximum atomic E-state index is 12.7. The first kappa shape index (κ1) is 47.4. The number of hydrogen-bond donors (Lipinski definition) is 0. The molecule has 5 aromatic rings. The maximum absolute atomic E-state index is 12.7. The fraction of sp³-hybridized carbons (Fsp3) is 0.517.